The highest BCUT2D eigenvalue weighted by molar-refractivity contribution is 4.94. The Hall–Kier alpha value is -0.300. The molecule has 1 heteroatoms. The molecule has 0 atom stereocenters. The van der Waals surface area contributed by atoms with Gasteiger partial charge in [-0.3, -0.25) is 0 Å². The van der Waals surface area contributed by atoms with Gasteiger partial charge >= 0.3 is 0 Å². The minimum atomic E-state index is 0.166. The molecule has 1 saturated carbocycles. The molecule has 1 aliphatic carbocycles. The Kier molecular flexibility index (Phi) is 3.55. The predicted octanol–water partition coefficient (Wildman–Crippen LogP) is 3.55. The van der Waals surface area contributed by atoms with Crippen LogP contribution in [0.4, 0.5) is 0 Å². The van der Waals surface area contributed by atoms with Gasteiger partial charge in [0.1, 0.15) is 0 Å². The third-order valence-corrected chi connectivity index (χ3v) is 3.11. The van der Waals surface area contributed by atoms with Gasteiger partial charge in [0, 0.05) is 0 Å². The smallest absolute Gasteiger partial charge is 0.0709 e. The Bertz CT molecular complexity index is 176. The van der Waals surface area contributed by atoms with Crippen LogP contribution < -0.4 is 0 Å². The van der Waals surface area contributed by atoms with Gasteiger partial charge in [0.15, 0.2) is 0 Å². The van der Waals surface area contributed by atoms with Crippen molar-refractivity contribution in [2.45, 2.75) is 52.1 Å². The minimum Gasteiger partial charge on any atom is -0.370 e. The molecule has 0 saturated heterocycles. The van der Waals surface area contributed by atoms with Gasteiger partial charge in [-0.05, 0) is 25.7 Å². The second-order valence-corrected chi connectivity index (χ2v) is 4.67. The van der Waals surface area contributed by atoms with Crippen LogP contribution in [0.1, 0.15) is 46.5 Å². The van der Waals surface area contributed by atoms with E-state index in [1.54, 1.807) is 0 Å². The summed E-state index contributed by atoms with van der Waals surface area (Å²) in [6, 6.07) is 0. The van der Waals surface area contributed by atoms with E-state index < -0.39 is 0 Å². The quantitative estimate of drug-likeness (QED) is 0.604. The highest BCUT2D eigenvalue weighted by atomic mass is 16.5. The van der Waals surface area contributed by atoms with Gasteiger partial charge in [-0.15, -0.1) is 0 Å². The molecule has 0 N–H and O–H groups in total. The second kappa shape index (κ2) is 4.28. The van der Waals surface area contributed by atoms with Crippen molar-refractivity contribution in [2.75, 3.05) is 6.61 Å². The van der Waals surface area contributed by atoms with Crippen LogP contribution in [0.15, 0.2) is 12.2 Å². The highest BCUT2D eigenvalue weighted by Crippen LogP contribution is 2.39. The SMILES string of the molecule is C=C(C)COC1(C(C)C)CCCC1. The van der Waals surface area contributed by atoms with Crippen molar-refractivity contribution >= 4 is 0 Å². The largest absolute Gasteiger partial charge is 0.370 e. The minimum absolute atomic E-state index is 0.166. The first kappa shape index (κ1) is 10.8. The number of ether oxygens (including phenoxy) is 1. The first-order valence-corrected chi connectivity index (χ1v) is 5.35. The number of hydrogen-bond donors (Lipinski definition) is 0. The summed E-state index contributed by atoms with van der Waals surface area (Å²) in [6.45, 7) is 11.2. The summed E-state index contributed by atoms with van der Waals surface area (Å²) in [7, 11) is 0. The van der Waals surface area contributed by atoms with E-state index in [2.05, 4.69) is 20.4 Å². The van der Waals surface area contributed by atoms with Crippen LogP contribution in [-0.2, 0) is 4.74 Å². The molecule has 0 unspecified atom stereocenters. The van der Waals surface area contributed by atoms with E-state index >= 15 is 0 Å². The van der Waals surface area contributed by atoms with Crippen molar-refractivity contribution in [1.29, 1.82) is 0 Å². The lowest BCUT2D eigenvalue weighted by Gasteiger charge is -2.33. The summed E-state index contributed by atoms with van der Waals surface area (Å²) in [6.07, 6.45) is 5.12. The summed E-state index contributed by atoms with van der Waals surface area (Å²) in [5.41, 5.74) is 1.30. The molecule has 0 radical (unpaired) electrons. The zero-order valence-corrected chi connectivity index (χ0v) is 9.23. The molecule has 0 aliphatic heterocycles. The van der Waals surface area contributed by atoms with Crippen LogP contribution in [0.5, 0.6) is 0 Å². The maximum atomic E-state index is 6.01. The molecular weight excluding hydrogens is 160 g/mol. The summed E-state index contributed by atoms with van der Waals surface area (Å²) in [5.74, 6) is 0.634. The topological polar surface area (TPSA) is 9.23 Å². The average molecular weight is 182 g/mol. The molecule has 1 fully saturated rings. The zero-order valence-electron chi connectivity index (χ0n) is 9.23. The van der Waals surface area contributed by atoms with E-state index in [0.29, 0.717) is 5.92 Å². The van der Waals surface area contributed by atoms with Crippen molar-refractivity contribution in [3.05, 3.63) is 12.2 Å². The average Bonchev–Trinajstić information content (AvgIpc) is 2.50. The van der Waals surface area contributed by atoms with Gasteiger partial charge in [0.2, 0.25) is 0 Å². The van der Waals surface area contributed by atoms with E-state index in [4.69, 9.17) is 4.74 Å². The van der Waals surface area contributed by atoms with Crippen LogP contribution in [-0.4, -0.2) is 12.2 Å². The Labute approximate surface area is 82.2 Å². The Morgan fingerprint density at radius 2 is 1.92 bits per heavy atom. The molecule has 0 amide bonds. The van der Waals surface area contributed by atoms with Crippen LogP contribution in [0.2, 0.25) is 0 Å². The van der Waals surface area contributed by atoms with Crippen molar-refractivity contribution in [2.24, 2.45) is 5.92 Å². The zero-order chi connectivity index (χ0) is 9.90. The lowest BCUT2D eigenvalue weighted by molar-refractivity contribution is -0.0629. The van der Waals surface area contributed by atoms with Crippen LogP contribution in [0.25, 0.3) is 0 Å². The molecule has 76 valence electrons. The van der Waals surface area contributed by atoms with Gasteiger partial charge in [0.25, 0.3) is 0 Å². The summed E-state index contributed by atoms with van der Waals surface area (Å²) >= 11 is 0. The lowest BCUT2D eigenvalue weighted by atomic mass is 9.88. The van der Waals surface area contributed by atoms with Crippen LogP contribution >= 0.6 is 0 Å². The summed E-state index contributed by atoms with van der Waals surface area (Å²) < 4.78 is 6.01. The van der Waals surface area contributed by atoms with E-state index in [0.717, 1.165) is 12.2 Å². The van der Waals surface area contributed by atoms with E-state index in [1.807, 2.05) is 6.92 Å². The normalized spacial score (nSPS) is 20.9. The molecule has 0 bridgehead atoms. The second-order valence-electron chi connectivity index (χ2n) is 4.67. The maximum Gasteiger partial charge on any atom is 0.0709 e. The Morgan fingerprint density at radius 3 is 2.31 bits per heavy atom. The van der Waals surface area contributed by atoms with Gasteiger partial charge < -0.3 is 4.74 Å². The van der Waals surface area contributed by atoms with Gasteiger partial charge in [-0.1, -0.05) is 38.8 Å². The molecule has 0 aromatic heterocycles. The maximum absolute atomic E-state index is 6.01. The van der Waals surface area contributed by atoms with Crippen molar-refractivity contribution < 1.29 is 4.74 Å². The van der Waals surface area contributed by atoms with Gasteiger partial charge in [-0.2, -0.15) is 0 Å². The molecular formula is C12H22O. The molecule has 13 heavy (non-hydrogen) atoms. The van der Waals surface area contributed by atoms with E-state index in [-0.39, 0.29) is 5.60 Å². The molecule has 1 nitrogen and oxygen atoms in total. The molecule has 1 aliphatic rings. The Balaban J connectivity index is 2.52. The third-order valence-electron chi connectivity index (χ3n) is 3.11. The fourth-order valence-electron chi connectivity index (χ4n) is 2.13. The van der Waals surface area contributed by atoms with E-state index in [9.17, 15) is 0 Å². The number of rotatable bonds is 4. The fourth-order valence-corrected chi connectivity index (χ4v) is 2.13. The molecule has 0 spiro atoms. The first-order valence-electron chi connectivity index (χ1n) is 5.35. The third kappa shape index (κ3) is 2.57. The van der Waals surface area contributed by atoms with Crippen LogP contribution in [0, 0.1) is 5.92 Å². The van der Waals surface area contributed by atoms with Crippen LogP contribution in [0.3, 0.4) is 0 Å². The van der Waals surface area contributed by atoms with E-state index in [1.165, 1.54) is 25.7 Å². The molecule has 0 aromatic carbocycles. The van der Waals surface area contributed by atoms with Crippen molar-refractivity contribution in [1.82, 2.24) is 0 Å². The highest BCUT2D eigenvalue weighted by Gasteiger charge is 2.37. The van der Waals surface area contributed by atoms with Crippen molar-refractivity contribution in [3.63, 3.8) is 0 Å². The lowest BCUT2D eigenvalue weighted by Crippen LogP contribution is -2.35. The monoisotopic (exact) mass is 182 g/mol. The summed E-state index contributed by atoms with van der Waals surface area (Å²) in [5, 5.41) is 0. The van der Waals surface area contributed by atoms with Gasteiger partial charge in [0.05, 0.1) is 12.2 Å². The fraction of sp³-hybridized carbons (Fsp3) is 0.833. The number of hydrogen-bond acceptors (Lipinski definition) is 1. The predicted molar refractivity (Wildman–Crippen MR) is 56.8 cm³/mol. The van der Waals surface area contributed by atoms with Gasteiger partial charge in [-0.25, -0.2) is 0 Å². The first-order chi connectivity index (χ1) is 6.07. The molecule has 0 aromatic rings. The molecule has 0 heterocycles. The molecule has 1 rings (SSSR count). The summed E-state index contributed by atoms with van der Waals surface area (Å²) in [4.78, 5) is 0. The Morgan fingerprint density at radius 1 is 1.38 bits per heavy atom. The standard InChI is InChI=1S/C12H22O/c1-10(2)9-13-12(11(3)4)7-5-6-8-12/h11H,1,5-9H2,2-4H3. The van der Waals surface area contributed by atoms with Crippen molar-refractivity contribution in [3.8, 4) is 0 Å².